The van der Waals surface area contributed by atoms with E-state index in [1.807, 2.05) is 12.1 Å². The molecule has 0 saturated heterocycles. The zero-order valence-electron chi connectivity index (χ0n) is 12.4. The van der Waals surface area contributed by atoms with Gasteiger partial charge >= 0.3 is 0 Å². The van der Waals surface area contributed by atoms with Gasteiger partial charge < -0.3 is 5.32 Å². The lowest BCUT2D eigenvalue weighted by atomic mass is 10.0. The van der Waals surface area contributed by atoms with Crippen LogP contribution in [0, 0.1) is 0 Å². The number of nitrogens with zero attached hydrogens (tertiary/aromatic N) is 3. The van der Waals surface area contributed by atoms with Crippen LogP contribution in [-0.2, 0) is 0 Å². The monoisotopic (exact) mass is 298 g/mol. The smallest absolute Gasteiger partial charge is 0.205 e. The highest BCUT2D eigenvalue weighted by Crippen LogP contribution is 2.33. The largest absolute Gasteiger partial charge is 0.360 e. The Morgan fingerprint density at radius 2 is 2.00 bits per heavy atom. The second kappa shape index (κ2) is 5.77. The average molecular weight is 298 g/mol. The van der Waals surface area contributed by atoms with E-state index in [1.165, 1.54) is 0 Å². The van der Waals surface area contributed by atoms with Crippen LogP contribution in [0.1, 0.15) is 32.4 Å². The van der Waals surface area contributed by atoms with Gasteiger partial charge in [-0.05, 0) is 25.0 Å². The minimum atomic E-state index is 0.384. The quantitative estimate of drug-likeness (QED) is 0.780. The minimum absolute atomic E-state index is 0.384. The molecule has 0 atom stereocenters. The molecule has 4 nitrogen and oxygen atoms in total. The molecule has 0 fully saturated rings. The fourth-order valence-corrected chi connectivity index (χ4v) is 3.07. The van der Waals surface area contributed by atoms with Gasteiger partial charge in [0.25, 0.3) is 0 Å². The highest BCUT2D eigenvalue weighted by molar-refractivity contribution is 7.18. The maximum Gasteiger partial charge on any atom is 0.205 e. The molecule has 21 heavy (non-hydrogen) atoms. The summed E-state index contributed by atoms with van der Waals surface area (Å²) >= 11 is 1.58. The van der Waals surface area contributed by atoms with Crippen molar-refractivity contribution in [3.63, 3.8) is 0 Å². The molecule has 0 unspecified atom stereocenters. The third-order valence-corrected chi connectivity index (χ3v) is 4.23. The van der Waals surface area contributed by atoms with Gasteiger partial charge in [-0.1, -0.05) is 43.4 Å². The SMILES string of the molecule is CCNc1nnc(-c2cc(C(C)C)nc3ccccc23)s1. The fraction of sp³-hybridized carbons (Fsp3) is 0.312. The number of rotatable bonds is 4. The van der Waals surface area contributed by atoms with E-state index in [0.717, 1.165) is 38.8 Å². The molecule has 108 valence electrons. The number of fused-ring (bicyclic) bond motifs is 1. The molecule has 0 radical (unpaired) electrons. The van der Waals surface area contributed by atoms with E-state index in [9.17, 15) is 0 Å². The Bertz CT molecular complexity index is 764. The molecular weight excluding hydrogens is 280 g/mol. The van der Waals surface area contributed by atoms with E-state index in [-0.39, 0.29) is 0 Å². The first-order chi connectivity index (χ1) is 10.2. The number of anilines is 1. The predicted octanol–water partition coefficient (Wildman–Crippen LogP) is 4.31. The Hall–Kier alpha value is -2.01. The van der Waals surface area contributed by atoms with Gasteiger partial charge in [0.1, 0.15) is 5.01 Å². The maximum absolute atomic E-state index is 4.74. The molecule has 0 amide bonds. The normalized spacial score (nSPS) is 11.2. The second-order valence-corrected chi connectivity index (χ2v) is 6.19. The number of aromatic nitrogens is 3. The molecule has 0 aliphatic rings. The Kier molecular flexibility index (Phi) is 3.84. The number of benzene rings is 1. The number of hydrogen-bond donors (Lipinski definition) is 1. The van der Waals surface area contributed by atoms with Crippen LogP contribution >= 0.6 is 11.3 Å². The van der Waals surface area contributed by atoms with Crippen molar-refractivity contribution < 1.29 is 0 Å². The van der Waals surface area contributed by atoms with Crippen LogP contribution in [0.5, 0.6) is 0 Å². The summed E-state index contributed by atoms with van der Waals surface area (Å²) in [5, 5.41) is 14.7. The number of para-hydroxylation sites is 1. The molecule has 0 spiro atoms. The second-order valence-electron chi connectivity index (χ2n) is 5.21. The van der Waals surface area contributed by atoms with Crippen LogP contribution in [0.25, 0.3) is 21.5 Å². The van der Waals surface area contributed by atoms with Gasteiger partial charge in [-0.25, -0.2) is 0 Å². The first-order valence-corrected chi connectivity index (χ1v) is 7.98. The highest BCUT2D eigenvalue weighted by atomic mass is 32.1. The maximum atomic E-state index is 4.74. The third kappa shape index (κ3) is 2.74. The molecule has 1 aromatic carbocycles. The predicted molar refractivity (Wildman–Crippen MR) is 88.9 cm³/mol. The first kappa shape index (κ1) is 13.9. The van der Waals surface area contributed by atoms with Crippen LogP contribution < -0.4 is 5.32 Å². The van der Waals surface area contributed by atoms with Crippen molar-refractivity contribution in [2.45, 2.75) is 26.7 Å². The van der Waals surface area contributed by atoms with Crippen molar-refractivity contribution in [1.29, 1.82) is 0 Å². The van der Waals surface area contributed by atoms with E-state index >= 15 is 0 Å². The summed E-state index contributed by atoms with van der Waals surface area (Å²) in [6.45, 7) is 7.22. The van der Waals surface area contributed by atoms with Crippen molar-refractivity contribution in [2.24, 2.45) is 0 Å². The first-order valence-electron chi connectivity index (χ1n) is 7.16. The Morgan fingerprint density at radius 3 is 2.76 bits per heavy atom. The summed E-state index contributed by atoms with van der Waals surface area (Å²) in [4.78, 5) is 4.74. The lowest BCUT2D eigenvalue weighted by Crippen LogP contribution is -1.95. The zero-order chi connectivity index (χ0) is 14.8. The average Bonchev–Trinajstić information content (AvgIpc) is 2.95. The number of nitrogens with one attached hydrogen (secondary N) is 1. The third-order valence-electron chi connectivity index (χ3n) is 3.31. The summed E-state index contributed by atoms with van der Waals surface area (Å²) < 4.78 is 0. The van der Waals surface area contributed by atoms with Gasteiger partial charge in [0.15, 0.2) is 0 Å². The van der Waals surface area contributed by atoms with E-state index < -0.39 is 0 Å². The fourth-order valence-electron chi connectivity index (χ4n) is 2.22. The summed E-state index contributed by atoms with van der Waals surface area (Å²) in [5.41, 5.74) is 3.22. The molecule has 1 N–H and O–H groups in total. The van der Waals surface area contributed by atoms with Crippen molar-refractivity contribution in [2.75, 3.05) is 11.9 Å². The van der Waals surface area contributed by atoms with Gasteiger partial charge in [0, 0.05) is 23.2 Å². The van der Waals surface area contributed by atoms with Crippen LogP contribution in [-0.4, -0.2) is 21.7 Å². The van der Waals surface area contributed by atoms with Crippen LogP contribution in [0.3, 0.4) is 0 Å². The zero-order valence-corrected chi connectivity index (χ0v) is 13.2. The summed E-state index contributed by atoms with van der Waals surface area (Å²) in [7, 11) is 0. The van der Waals surface area contributed by atoms with Gasteiger partial charge in [-0.3, -0.25) is 4.98 Å². The molecule has 0 aliphatic carbocycles. The van der Waals surface area contributed by atoms with Crippen molar-refractivity contribution in [3.05, 3.63) is 36.0 Å². The molecule has 2 heterocycles. The topological polar surface area (TPSA) is 50.7 Å². The molecule has 3 rings (SSSR count). The van der Waals surface area contributed by atoms with Gasteiger partial charge in [0.05, 0.1) is 5.52 Å². The van der Waals surface area contributed by atoms with Crippen LogP contribution in [0.15, 0.2) is 30.3 Å². The van der Waals surface area contributed by atoms with E-state index in [0.29, 0.717) is 5.92 Å². The van der Waals surface area contributed by atoms with Crippen LogP contribution in [0.2, 0.25) is 0 Å². The molecule has 0 bridgehead atoms. The Labute approximate surface area is 128 Å². The molecule has 3 aromatic rings. The van der Waals surface area contributed by atoms with Gasteiger partial charge in [0.2, 0.25) is 5.13 Å². The van der Waals surface area contributed by atoms with Crippen molar-refractivity contribution in [1.82, 2.24) is 15.2 Å². The lowest BCUT2D eigenvalue weighted by molar-refractivity contribution is 0.830. The summed E-state index contributed by atoms with van der Waals surface area (Å²) in [6.07, 6.45) is 0. The Balaban J connectivity index is 2.18. The molecule has 0 saturated carbocycles. The number of hydrogen-bond acceptors (Lipinski definition) is 5. The highest BCUT2D eigenvalue weighted by Gasteiger charge is 2.13. The van der Waals surface area contributed by atoms with Crippen molar-refractivity contribution >= 4 is 27.4 Å². The minimum Gasteiger partial charge on any atom is -0.360 e. The van der Waals surface area contributed by atoms with Gasteiger partial charge in [-0.2, -0.15) is 0 Å². The molecule has 0 aliphatic heterocycles. The summed E-state index contributed by atoms with van der Waals surface area (Å²) in [6, 6.07) is 10.3. The van der Waals surface area contributed by atoms with Crippen LogP contribution in [0.4, 0.5) is 5.13 Å². The molecular formula is C16H18N4S. The Morgan fingerprint density at radius 1 is 1.19 bits per heavy atom. The number of pyridine rings is 1. The standard InChI is InChI=1S/C16H18N4S/c1-4-17-16-20-19-15(21-16)12-9-14(10(2)3)18-13-8-6-5-7-11(12)13/h5-10H,4H2,1-3H3,(H,17,20). The summed E-state index contributed by atoms with van der Waals surface area (Å²) in [5.74, 6) is 0.384. The molecule has 2 aromatic heterocycles. The van der Waals surface area contributed by atoms with E-state index in [4.69, 9.17) is 4.98 Å². The van der Waals surface area contributed by atoms with Gasteiger partial charge in [-0.15, -0.1) is 10.2 Å². The van der Waals surface area contributed by atoms with E-state index in [1.54, 1.807) is 11.3 Å². The van der Waals surface area contributed by atoms with E-state index in [2.05, 4.69) is 54.5 Å². The lowest BCUT2D eigenvalue weighted by Gasteiger charge is -2.09. The van der Waals surface area contributed by atoms with Crippen molar-refractivity contribution in [3.8, 4) is 10.6 Å². The molecule has 5 heteroatoms.